The highest BCUT2D eigenvalue weighted by Gasteiger charge is 2.43. The van der Waals surface area contributed by atoms with Gasteiger partial charge in [-0.3, -0.25) is 4.98 Å². The van der Waals surface area contributed by atoms with E-state index in [0.717, 1.165) is 54.6 Å². The first-order valence-electron chi connectivity index (χ1n) is 12.9. The largest absolute Gasteiger partial charge is 0.378 e. The van der Waals surface area contributed by atoms with Crippen LogP contribution in [0, 0.1) is 19.7 Å². The van der Waals surface area contributed by atoms with E-state index in [1.807, 2.05) is 29.2 Å². The summed E-state index contributed by atoms with van der Waals surface area (Å²) in [5, 5.41) is 3.92. The van der Waals surface area contributed by atoms with E-state index in [4.69, 9.17) is 17.0 Å². The number of morpholine rings is 1. The first-order chi connectivity index (χ1) is 18.5. The number of halogens is 1. The summed E-state index contributed by atoms with van der Waals surface area (Å²) in [5.74, 6) is -0.309. The lowest BCUT2D eigenvalue weighted by atomic mass is 9.96. The summed E-state index contributed by atoms with van der Waals surface area (Å²) in [6.07, 6.45) is 1.78. The van der Waals surface area contributed by atoms with Crippen molar-refractivity contribution in [3.63, 3.8) is 0 Å². The molecule has 6 nitrogen and oxygen atoms in total. The van der Waals surface area contributed by atoms with Crippen LogP contribution in [0.15, 0.2) is 79.0 Å². The normalized spacial score (nSPS) is 19.6. The lowest BCUT2D eigenvalue weighted by Gasteiger charge is -2.29. The zero-order valence-corrected chi connectivity index (χ0v) is 22.3. The fourth-order valence-corrected chi connectivity index (χ4v) is 6.03. The maximum Gasteiger partial charge on any atom is 0.174 e. The minimum absolute atomic E-state index is 0.235. The zero-order valence-electron chi connectivity index (χ0n) is 21.5. The van der Waals surface area contributed by atoms with Crippen LogP contribution in [-0.2, 0) is 4.74 Å². The number of aromatic nitrogens is 2. The Morgan fingerprint density at radius 1 is 0.947 bits per heavy atom. The highest BCUT2D eigenvalue weighted by Crippen LogP contribution is 2.44. The first kappa shape index (κ1) is 24.6. The van der Waals surface area contributed by atoms with E-state index in [9.17, 15) is 0 Å². The van der Waals surface area contributed by atoms with Crippen LogP contribution >= 0.6 is 12.2 Å². The minimum atomic E-state index is -0.309. The molecule has 4 heterocycles. The molecular formula is C30H30FN5OS. The number of aryl methyl sites for hydroxylation is 1. The molecule has 2 atom stereocenters. The lowest BCUT2D eigenvalue weighted by Crippen LogP contribution is -2.36. The molecule has 0 spiro atoms. The molecule has 4 aromatic rings. The van der Waals surface area contributed by atoms with Crippen molar-refractivity contribution in [2.24, 2.45) is 0 Å². The van der Waals surface area contributed by atoms with Gasteiger partial charge in [0.05, 0.1) is 36.7 Å². The predicted octanol–water partition coefficient (Wildman–Crippen LogP) is 5.64. The summed E-state index contributed by atoms with van der Waals surface area (Å²) >= 11 is 5.79. The van der Waals surface area contributed by atoms with Crippen LogP contribution in [0.4, 0.5) is 15.8 Å². The molecule has 2 saturated heterocycles. The third-order valence-electron chi connectivity index (χ3n) is 7.48. The molecule has 2 aromatic carbocycles. The maximum absolute atomic E-state index is 15.1. The van der Waals surface area contributed by atoms with Crippen LogP contribution in [0.1, 0.15) is 34.7 Å². The van der Waals surface area contributed by atoms with Gasteiger partial charge in [0.2, 0.25) is 0 Å². The molecule has 0 bridgehead atoms. The van der Waals surface area contributed by atoms with Crippen molar-refractivity contribution in [3.8, 4) is 5.69 Å². The van der Waals surface area contributed by atoms with E-state index in [1.165, 1.54) is 11.8 Å². The van der Waals surface area contributed by atoms with Gasteiger partial charge in [-0.2, -0.15) is 0 Å². The van der Waals surface area contributed by atoms with Gasteiger partial charge in [0.1, 0.15) is 5.82 Å². The number of para-hydroxylation sites is 1. The molecule has 0 amide bonds. The minimum Gasteiger partial charge on any atom is -0.378 e. The number of pyridine rings is 1. The van der Waals surface area contributed by atoms with Crippen LogP contribution in [-0.4, -0.2) is 41.0 Å². The van der Waals surface area contributed by atoms with Gasteiger partial charge >= 0.3 is 0 Å². The monoisotopic (exact) mass is 527 g/mol. The fraction of sp³-hybridized carbons (Fsp3) is 0.267. The van der Waals surface area contributed by atoms with E-state index in [1.54, 1.807) is 18.3 Å². The van der Waals surface area contributed by atoms with Gasteiger partial charge in [0.25, 0.3) is 0 Å². The number of nitrogens with one attached hydrogen (secondary N) is 1. The molecule has 2 unspecified atom stereocenters. The van der Waals surface area contributed by atoms with Crippen molar-refractivity contribution >= 4 is 28.7 Å². The molecule has 194 valence electrons. The van der Waals surface area contributed by atoms with E-state index in [-0.39, 0.29) is 17.9 Å². The van der Waals surface area contributed by atoms with Gasteiger partial charge in [0.15, 0.2) is 5.11 Å². The number of nitrogens with zero attached hydrogens (tertiary/aromatic N) is 4. The SMILES string of the molecule is Cc1cc(C2C(c3ccccn3)NC(=S)N2c2ccccc2F)c(C)n1-c1ccc(N2CCOCC2)cc1. The highest BCUT2D eigenvalue weighted by atomic mass is 32.1. The molecule has 0 radical (unpaired) electrons. The van der Waals surface area contributed by atoms with Crippen LogP contribution < -0.4 is 15.1 Å². The molecule has 2 aliphatic rings. The number of thiocarbonyl (C=S) groups is 1. The van der Waals surface area contributed by atoms with Crippen molar-refractivity contribution in [2.45, 2.75) is 25.9 Å². The number of anilines is 2. The summed E-state index contributed by atoms with van der Waals surface area (Å²) in [5.41, 5.74) is 6.86. The van der Waals surface area contributed by atoms with Crippen molar-refractivity contribution in [1.29, 1.82) is 0 Å². The second-order valence-electron chi connectivity index (χ2n) is 9.73. The average molecular weight is 528 g/mol. The molecule has 8 heteroatoms. The molecule has 0 saturated carbocycles. The van der Waals surface area contributed by atoms with Gasteiger partial charge in [-0.25, -0.2) is 4.39 Å². The van der Waals surface area contributed by atoms with Crippen LogP contribution in [0.3, 0.4) is 0 Å². The summed E-state index contributed by atoms with van der Waals surface area (Å²) in [6, 6.07) is 23.0. The number of rotatable bonds is 5. The van der Waals surface area contributed by atoms with E-state index in [0.29, 0.717) is 10.8 Å². The smallest absolute Gasteiger partial charge is 0.174 e. The third-order valence-corrected chi connectivity index (χ3v) is 7.80. The summed E-state index contributed by atoms with van der Waals surface area (Å²) < 4.78 is 22.9. The van der Waals surface area contributed by atoms with E-state index < -0.39 is 0 Å². The molecule has 2 aliphatic heterocycles. The zero-order chi connectivity index (χ0) is 26.2. The summed E-state index contributed by atoms with van der Waals surface area (Å²) in [4.78, 5) is 8.88. The molecule has 2 fully saturated rings. The van der Waals surface area contributed by atoms with E-state index in [2.05, 4.69) is 63.9 Å². The molecule has 2 aromatic heterocycles. The number of hydrogen-bond acceptors (Lipinski definition) is 4. The number of ether oxygens (including phenoxy) is 1. The Morgan fingerprint density at radius 3 is 2.37 bits per heavy atom. The van der Waals surface area contributed by atoms with Crippen molar-refractivity contribution in [3.05, 3.63) is 107 Å². The van der Waals surface area contributed by atoms with Crippen LogP contribution in [0.2, 0.25) is 0 Å². The van der Waals surface area contributed by atoms with Gasteiger partial charge in [0, 0.05) is 42.0 Å². The highest BCUT2D eigenvalue weighted by molar-refractivity contribution is 7.80. The van der Waals surface area contributed by atoms with Crippen LogP contribution in [0.25, 0.3) is 5.69 Å². The van der Waals surface area contributed by atoms with Gasteiger partial charge in [-0.05, 0) is 86.2 Å². The topological polar surface area (TPSA) is 45.6 Å². The molecule has 6 rings (SSSR count). The Bertz CT molecular complexity index is 1450. The Hall–Kier alpha value is -3.75. The third kappa shape index (κ3) is 4.33. The van der Waals surface area contributed by atoms with Gasteiger partial charge in [-0.15, -0.1) is 0 Å². The van der Waals surface area contributed by atoms with Gasteiger partial charge < -0.3 is 24.4 Å². The Kier molecular flexibility index (Phi) is 6.59. The Balaban J connectivity index is 1.43. The molecular weight excluding hydrogens is 497 g/mol. The van der Waals surface area contributed by atoms with Crippen molar-refractivity contribution in [2.75, 3.05) is 36.1 Å². The van der Waals surface area contributed by atoms with Crippen molar-refractivity contribution < 1.29 is 9.13 Å². The van der Waals surface area contributed by atoms with Crippen LogP contribution in [0.5, 0.6) is 0 Å². The second kappa shape index (κ2) is 10.2. The van der Waals surface area contributed by atoms with Gasteiger partial charge in [-0.1, -0.05) is 18.2 Å². The predicted molar refractivity (Wildman–Crippen MR) is 153 cm³/mol. The number of hydrogen-bond donors (Lipinski definition) is 1. The summed E-state index contributed by atoms with van der Waals surface area (Å²) in [6.45, 7) is 7.55. The second-order valence-corrected chi connectivity index (χ2v) is 10.1. The lowest BCUT2D eigenvalue weighted by molar-refractivity contribution is 0.122. The summed E-state index contributed by atoms with van der Waals surface area (Å²) in [7, 11) is 0. The Morgan fingerprint density at radius 2 is 1.66 bits per heavy atom. The molecule has 38 heavy (non-hydrogen) atoms. The molecule has 1 N–H and O–H groups in total. The maximum atomic E-state index is 15.1. The standard InChI is InChI=1S/C30H30FN5OS/c1-20-19-24(21(2)35(20)23-12-10-22(11-13-23)34-15-17-37-18-16-34)29-28(26-8-5-6-14-32-26)33-30(38)36(29)27-9-4-3-7-25(27)31/h3-14,19,28-29H,15-18H2,1-2H3,(H,33,38). The first-order valence-corrected chi connectivity index (χ1v) is 13.3. The Labute approximate surface area is 227 Å². The number of benzene rings is 2. The average Bonchev–Trinajstić information content (AvgIpc) is 3.44. The quantitative estimate of drug-likeness (QED) is 0.339. The van der Waals surface area contributed by atoms with Crippen molar-refractivity contribution in [1.82, 2.24) is 14.9 Å². The molecule has 0 aliphatic carbocycles. The van der Waals surface area contributed by atoms with E-state index >= 15 is 4.39 Å². The fourth-order valence-electron chi connectivity index (χ4n) is 5.70.